The van der Waals surface area contributed by atoms with Crippen molar-refractivity contribution >= 4 is 6.08 Å². The highest BCUT2D eigenvalue weighted by molar-refractivity contribution is 5.66. The lowest BCUT2D eigenvalue weighted by atomic mass is 9.41. The summed E-state index contributed by atoms with van der Waals surface area (Å²) in [6.45, 7) is 0. The number of rotatable bonds is 1. The topological polar surface area (TPSA) is 0 Å². The largest absolute Gasteiger partial charge is 0.0795 e. The van der Waals surface area contributed by atoms with Crippen molar-refractivity contribution in [2.75, 3.05) is 0 Å². The van der Waals surface area contributed by atoms with Crippen LogP contribution >= 0.6 is 0 Å². The molecule has 0 N–H and O–H groups in total. The van der Waals surface area contributed by atoms with Gasteiger partial charge in [0.1, 0.15) is 0 Å². The molecule has 4 bridgehead atoms. The zero-order valence-electron chi connectivity index (χ0n) is 12.8. The van der Waals surface area contributed by atoms with Gasteiger partial charge in [-0.3, -0.25) is 0 Å². The molecule has 1 spiro atoms. The Bertz CT molecular complexity index is 647. The molecule has 2 atom stereocenters. The van der Waals surface area contributed by atoms with Gasteiger partial charge in [0.15, 0.2) is 0 Å². The van der Waals surface area contributed by atoms with Gasteiger partial charge in [-0.05, 0) is 91.2 Å². The Morgan fingerprint density at radius 1 is 0.952 bits per heavy atom. The molecule has 5 fully saturated rings. The van der Waals surface area contributed by atoms with Crippen LogP contribution in [-0.2, 0) is 11.8 Å². The second-order valence-corrected chi connectivity index (χ2v) is 8.77. The van der Waals surface area contributed by atoms with Gasteiger partial charge in [-0.2, -0.15) is 0 Å². The summed E-state index contributed by atoms with van der Waals surface area (Å²) in [6, 6.07) is 7.23. The highest BCUT2D eigenvalue weighted by Crippen LogP contribution is 2.78. The van der Waals surface area contributed by atoms with Crippen LogP contribution in [0.25, 0.3) is 6.08 Å². The van der Waals surface area contributed by atoms with E-state index in [0.717, 1.165) is 23.2 Å². The van der Waals surface area contributed by atoms with Crippen LogP contribution in [0.3, 0.4) is 0 Å². The van der Waals surface area contributed by atoms with E-state index in [4.69, 9.17) is 0 Å². The molecule has 21 heavy (non-hydrogen) atoms. The summed E-state index contributed by atoms with van der Waals surface area (Å²) in [4.78, 5) is 0. The Kier molecular flexibility index (Phi) is 1.91. The zero-order valence-corrected chi connectivity index (χ0v) is 12.8. The molecule has 1 aromatic carbocycles. The summed E-state index contributed by atoms with van der Waals surface area (Å²) in [5, 5.41) is 0. The molecule has 5 saturated carbocycles. The molecule has 108 valence electrons. The molecule has 1 aromatic rings. The molecule has 0 radical (unpaired) electrons. The maximum absolute atomic E-state index is 2.52. The second kappa shape index (κ2) is 3.47. The summed E-state index contributed by atoms with van der Waals surface area (Å²) < 4.78 is 0. The van der Waals surface area contributed by atoms with Gasteiger partial charge in [0.25, 0.3) is 0 Å². The first kappa shape index (κ1) is 11.5. The maximum atomic E-state index is 2.52. The highest BCUT2D eigenvalue weighted by atomic mass is 14.7. The molecule has 0 heteroatoms. The lowest BCUT2D eigenvalue weighted by molar-refractivity contribution is -0.0775. The number of allylic oxidation sites excluding steroid dienone is 1. The van der Waals surface area contributed by atoms with Crippen LogP contribution < -0.4 is 0 Å². The zero-order chi connectivity index (χ0) is 13.7. The summed E-state index contributed by atoms with van der Waals surface area (Å²) in [5.74, 6) is 3.18. The van der Waals surface area contributed by atoms with Crippen molar-refractivity contribution in [3.8, 4) is 0 Å². The molecule has 0 aliphatic heterocycles. The van der Waals surface area contributed by atoms with Gasteiger partial charge in [-0.15, -0.1) is 0 Å². The van der Waals surface area contributed by atoms with Gasteiger partial charge < -0.3 is 0 Å². The van der Waals surface area contributed by atoms with Crippen LogP contribution in [0.1, 0.15) is 61.6 Å². The van der Waals surface area contributed by atoms with E-state index < -0.39 is 0 Å². The molecule has 6 aliphatic carbocycles. The molecule has 0 heterocycles. The molecule has 6 aliphatic rings. The van der Waals surface area contributed by atoms with E-state index in [1.807, 2.05) is 0 Å². The smallest absolute Gasteiger partial charge is 0.00233 e. The Morgan fingerprint density at radius 3 is 2.52 bits per heavy atom. The van der Waals surface area contributed by atoms with Gasteiger partial charge in [0.2, 0.25) is 0 Å². The Hall–Kier alpha value is -1.04. The lowest BCUT2D eigenvalue weighted by Crippen LogP contribution is -2.56. The number of benzene rings is 1. The molecule has 2 unspecified atom stereocenters. The second-order valence-electron chi connectivity index (χ2n) is 8.77. The van der Waals surface area contributed by atoms with Gasteiger partial charge in [0.05, 0.1) is 0 Å². The highest BCUT2D eigenvalue weighted by Gasteiger charge is 2.70. The fraction of sp³-hybridized carbons (Fsp3) is 0.619. The van der Waals surface area contributed by atoms with Gasteiger partial charge in [-0.25, -0.2) is 0 Å². The minimum Gasteiger partial charge on any atom is -0.0795 e. The van der Waals surface area contributed by atoms with Gasteiger partial charge >= 0.3 is 0 Å². The Morgan fingerprint density at radius 2 is 1.76 bits per heavy atom. The molecule has 0 amide bonds. The van der Waals surface area contributed by atoms with Crippen LogP contribution in [0.4, 0.5) is 0 Å². The summed E-state index contributed by atoms with van der Waals surface area (Å²) in [5.41, 5.74) is 6.29. The predicted molar refractivity (Wildman–Crippen MR) is 86.1 cm³/mol. The fourth-order valence-electron chi connectivity index (χ4n) is 7.43. The van der Waals surface area contributed by atoms with E-state index in [-0.39, 0.29) is 0 Å². The molecule has 0 saturated heterocycles. The fourth-order valence-corrected chi connectivity index (χ4v) is 7.43. The van der Waals surface area contributed by atoms with Gasteiger partial charge in [-0.1, -0.05) is 30.4 Å². The lowest BCUT2D eigenvalue weighted by Gasteiger charge is -2.63. The van der Waals surface area contributed by atoms with Crippen molar-refractivity contribution in [1.82, 2.24) is 0 Å². The van der Waals surface area contributed by atoms with Crippen molar-refractivity contribution in [2.24, 2.45) is 23.2 Å². The molecule has 7 rings (SSSR count). The van der Waals surface area contributed by atoms with E-state index in [9.17, 15) is 0 Å². The summed E-state index contributed by atoms with van der Waals surface area (Å²) in [7, 11) is 0. The van der Waals surface area contributed by atoms with Crippen LogP contribution in [0.2, 0.25) is 0 Å². The minimum absolute atomic E-state index is 0.571. The quantitative estimate of drug-likeness (QED) is 0.668. The van der Waals surface area contributed by atoms with E-state index in [2.05, 4.69) is 30.4 Å². The van der Waals surface area contributed by atoms with Crippen molar-refractivity contribution in [1.29, 1.82) is 0 Å². The average molecular weight is 276 g/mol. The van der Waals surface area contributed by atoms with Crippen molar-refractivity contribution in [3.63, 3.8) is 0 Å². The Balaban J connectivity index is 1.60. The first-order valence-electron chi connectivity index (χ1n) is 9.10. The minimum atomic E-state index is 0.571. The standard InChI is InChI=1S/C21H24/c1-3-16-4-2-6-19(18(16)5-1)21-12-14-9-15(13-21)11-17(10-14)20(21)7-8-20/h1-2,4-6,14-15,17H,3,7-13H2. The summed E-state index contributed by atoms with van der Waals surface area (Å²) in [6.07, 6.45) is 16.8. The number of hydrogen-bond acceptors (Lipinski definition) is 0. The average Bonchev–Trinajstić information content (AvgIpc) is 3.14. The monoisotopic (exact) mass is 276 g/mol. The van der Waals surface area contributed by atoms with Crippen LogP contribution in [0, 0.1) is 23.2 Å². The van der Waals surface area contributed by atoms with Gasteiger partial charge in [0, 0.05) is 5.41 Å². The predicted octanol–water partition coefficient (Wildman–Crippen LogP) is 5.11. The molecule has 0 nitrogen and oxygen atoms in total. The summed E-state index contributed by atoms with van der Waals surface area (Å²) >= 11 is 0. The van der Waals surface area contributed by atoms with Crippen molar-refractivity contribution in [3.05, 3.63) is 41.0 Å². The third kappa shape index (κ3) is 1.22. The van der Waals surface area contributed by atoms with Crippen molar-refractivity contribution < 1.29 is 0 Å². The molecular weight excluding hydrogens is 252 g/mol. The Labute approximate surface area is 127 Å². The molecule has 0 aromatic heterocycles. The first-order valence-corrected chi connectivity index (χ1v) is 9.10. The van der Waals surface area contributed by atoms with E-state index in [1.54, 1.807) is 36.0 Å². The SMILES string of the molecule is C1=Cc2c(cccc2C23CC4CC(CC(C4)C24CC4)C3)C1. The third-order valence-corrected chi connectivity index (χ3v) is 8.03. The number of hydrogen-bond donors (Lipinski definition) is 0. The van der Waals surface area contributed by atoms with E-state index in [0.29, 0.717) is 5.41 Å². The maximum Gasteiger partial charge on any atom is 0.00233 e. The van der Waals surface area contributed by atoms with Crippen LogP contribution in [0.5, 0.6) is 0 Å². The van der Waals surface area contributed by atoms with E-state index >= 15 is 0 Å². The normalized spacial score (nSPS) is 43.5. The van der Waals surface area contributed by atoms with Crippen LogP contribution in [0.15, 0.2) is 24.3 Å². The molecular formula is C21H24. The van der Waals surface area contributed by atoms with E-state index in [1.165, 1.54) is 32.1 Å². The van der Waals surface area contributed by atoms with Crippen molar-refractivity contribution in [2.45, 2.75) is 56.8 Å². The number of fused-ring (bicyclic) bond motifs is 1. The third-order valence-electron chi connectivity index (χ3n) is 8.03. The van der Waals surface area contributed by atoms with Crippen LogP contribution in [-0.4, -0.2) is 0 Å². The first-order chi connectivity index (χ1) is 10.3.